The number of carbonyl (C=O) groups excluding carboxylic acids is 1. The van der Waals surface area contributed by atoms with E-state index in [9.17, 15) is 18.0 Å². The minimum Gasteiger partial charge on any atom is -0.360 e. The Labute approximate surface area is 183 Å². The van der Waals surface area contributed by atoms with Gasteiger partial charge < -0.3 is 16.4 Å². The molecular formula is C22H27F3N4OS. The van der Waals surface area contributed by atoms with E-state index in [1.165, 1.54) is 11.3 Å². The van der Waals surface area contributed by atoms with Gasteiger partial charge in [-0.25, -0.2) is 4.98 Å². The molecule has 9 heteroatoms. The average molecular weight is 453 g/mol. The van der Waals surface area contributed by atoms with Gasteiger partial charge in [0, 0.05) is 24.5 Å². The summed E-state index contributed by atoms with van der Waals surface area (Å²) in [6, 6.07) is 5.73. The van der Waals surface area contributed by atoms with Crippen LogP contribution in [-0.4, -0.2) is 29.7 Å². The van der Waals surface area contributed by atoms with Gasteiger partial charge in [0.25, 0.3) is 0 Å². The lowest BCUT2D eigenvalue weighted by Crippen LogP contribution is -2.41. The standard InChI is InChI=1S/C22H27F3N4OS/c1-12(13-2-5-16(6-3-13)22(23,24)25)17(26)10-27-21-28-11-19(31-21)14-4-7-18-15(8-14)9-20(30)29-18/h4,7-8,11-13,16-17H,2-3,5-6,9-10,26H2,1H3,(H,27,28)(H,29,30)/t12-,13?,16?,17+/m0/s1. The summed E-state index contributed by atoms with van der Waals surface area (Å²) >= 11 is 1.52. The van der Waals surface area contributed by atoms with E-state index >= 15 is 0 Å². The van der Waals surface area contributed by atoms with Gasteiger partial charge in [-0.05, 0) is 60.8 Å². The number of hydrogen-bond acceptors (Lipinski definition) is 5. The van der Waals surface area contributed by atoms with E-state index in [0.29, 0.717) is 25.8 Å². The number of anilines is 2. The summed E-state index contributed by atoms with van der Waals surface area (Å²) in [4.78, 5) is 17.0. The molecule has 0 unspecified atom stereocenters. The molecule has 1 aliphatic carbocycles. The summed E-state index contributed by atoms with van der Waals surface area (Å²) in [5, 5.41) is 6.87. The van der Waals surface area contributed by atoms with Gasteiger partial charge >= 0.3 is 6.18 Å². The quantitative estimate of drug-likeness (QED) is 0.573. The minimum atomic E-state index is -4.08. The predicted octanol–water partition coefficient (Wildman–Crippen LogP) is 5.05. The molecule has 5 nitrogen and oxygen atoms in total. The first-order chi connectivity index (χ1) is 14.7. The summed E-state index contributed by atoms with van der Waals surface area (Å²) < 4.78 is 38.7. The number of nitrogens with one attached hydrogen (secondary N) is 2. The molecule has 1 aromatic carbocycles. The largest absolute Gasteiger partial charge is 0.391 e. The van der Waals surface area contributed by atoms with Crippen LogP contribution < -0.4 is 16.4 Å². The summed E-state index contributed by atoms with van der Waals surface area (Å²) in [5.74, 6) is -0.783. The van der Waals surface area contributed by atoms with Crippen LogP contribution >= 0.6 is 11.3 Å². The lowest BCUT2D eigenvalue weighted by Gasteiger charge is -2.35. The van der Waals surface area contributed by atoms with Crippen LogP contribution in [-0.2, 0) is 11.2 Å². The van der Waals surface area contributed by atoms with Crippen LogP contribution in [0, 0.1) is 17.8 Å². The van der Waals surface area contributed by atoms with Crippen molar-refractivity contribution >= 4 is 28.1 Å². The van der Waals surface area contributed by atoms with Crippen molar-refractivity contribution in [2.75, 3.05) is 17.2 Å². The first-order valence-electron chi connectivity index (χ1n) is 10.7. The Morgan fingerprint density at radius 1 is 1.29 bits per heavy atom. The Morgan fingerprint density at radius 3 is 2.74 bits per heavy atom. The molecule has 1 fully saturated rings. The molecule has 2 atom stereocenters. The van der Waals surface area contributed by atoms with Crippen molar-refractivity contribution < 1.29 is 18.0 Å². The molecular weight excluding hydrogens is 425 g/mol. The molecule has 2 aliphatic rings. The zero-order valence-corrected chi connectivity index (χ0v) is 18.2. The monoisotopic (exact) mass is 452 g/mol. The van der Waals surface area contributed by atoms with E-state index in [-0.39, 0.29) is 36.6 Å². The Balaban J connectivity index is 1.30. The maximum absolute atomic E-state index is 12.9. The highest BCUT2D eigenvalue weighted by molar-refractivity contribution is 7.18. The number of hydrogen-bond donors (Lipinski definition) is 3. The molecule has 4 N–H and O–H groups in total. The van der Waals surface area contributed by atoms with Gasteiger partial charge in [0.2, 0.25) is 5.91 Å². The molecule has 0 spiro atoms. The highest BCUT2D eigenvalue weighted by Gasteiger charge is 2.42. The number of thiazole rings is 1. The van der Waals surface area contributed by atoms with E-state index in [2.05, 4.69) is 15.6 Å². The van der Waals surface area contributed by atoms with Crippen molar-refractivity contribution in [2.45, 2.75) is 51.2 Å². The number of nitrogens with two attached hydrogens (primary N) is 1. The highest BCUT2D eigenvalue weighted by Crippen LogP contribution is 2.42. The van der Waals surface area contributed by atoms with E-state index in [4.69, 9.17) is 5.73 Å². The number of nitrogens with zero attached hydrogens (tertiary/aromatic N) is 1. The number of amides is 1. The molecule has 0 radical (unpaired) electrons. The van der Waals surface area contributed by atoms with Crippen molar-refractivity contribution in [3.63, 3.8) is 0 Å². The molecule has 2 heterocycles. The third-order valence-corrected chi connectivity index (χ3v) is 7.67. The molecule has 1 saturated carbocycles. The summed E-state index contributed by atoms with van der Waals surface area (Å²) in [7, 11) is 0. The molecule has 2 aromatic rings. The van der Waals surface area contributed by atoms with Crippen LogP contribution in [0.15, 0.2) is 24.4 Å². The molecule has 31 heavy (non-hydrogen) atoms. The SMILES string of the molecule is C[C@@H](C1CCC(C(F)(F)F)CC1)[C@H](N)CNc1ncc(-c2ccc3c(c2)CC(=O)N3)s1. The van der Waals surface area contributed by atoms with Gasteiger partial charge in [-0.2, -0.15) is 13.2 Å². The predicted molar refractivity (Wildman–Crippen MR) is 117 cm³/mol. The molecule has 0 bridgehead atoms. The molecule has 1 aliphatic heterocycles. The van der Waals surface area contributed by atoms with E-state index in [1.807, 2.05) is 25.1 Å². The average Bonchev–Trinajstić information content (AvgIpc) is 3.35. The van der Waals surface area contributed by atoms with Crippen LogP contribution in [0.25, 0.3) is 10.4 Å². The van der Waals surface area contributed by atoms with Gasteiger partial charge in [0.15, 0.2) is 5.13 Å². The van der Waals surface area contributed by atoms with E-state index in [1.54, 1.807) is 6.20 Å². The lowest BCUT2D eigenvalue weighted by atomic mass is 9.74. The first-order valence-corrected chi connectivity index (χ1v) is 11.5. The lowest BCUT2D eigenvalue weighted by molar-refractivity contribution is -0.184. The van der Waals surface area contributed by atoms with Crippen LogP contribution in [0.3, 0.4) is 0 Å². The maximum atomic E-state index is 12.9. The second-order valence-electron chi connectivity index (χ2n) is 8.68. The molecule has 4 rings (SSSR count). The fourth-order valence-corrected chi connectivity index (χ4v) is 5.40. The van der Waals surface area contributed by atoms with Gasteiger partial charge in [0.1, 0.15) is 0 Å². The molecule has 1 aromatic heterocycles. The normalized spacial score (nSPS) is 23.2. The van der Waals surface area contributed by atoms with Crippen molar-refractivity contribution in [1.29, 1.82) is 0 Å². The molecule has 1 amide bonds. The summed E-state index contributed by atoms with van der Waals surface area (Å²) in [6.07, 6.45) is -0.318. The van der Waals surface area contributed by atoms with Crippen molar-refractivity contribution in [3.05, 3.63) is 30.0 Å². The van der Waals surface area contributed by atoms with E-state index < -0.39 is 12.1 Å². The second-order valence-corrected chi connectivity index (χ2v) is 9.71. The van der Waals surface area contributed by atoms with Gasteiger partial charge in [-0.3, -0.25) is 4.79 Å². The zero-order chi connectivity index (χ0) is 22.2. The summed E-state index contributed by atoms with van der Waals surface area (Å²) in [5.41, 5.74) is 9.23. The summed E-state index contributed by atoms with van der Waals surface area (Å²) in [6.45, 7) is 2.56. The van der Waals surface area contributed by atoms with Crippen LogP contribution in [0.5, 0.6) is 0 Å². The Morgan fingerprint density at radius 2 is 2.03 bits per heavy atom. The van der Waals surface area contributed by atoms with Gasteiger partial charge in [0.05, 0.1) is 17.2 Å². The number of fused-ring (bicyclic) bond motifs is 1. The Kier molecular flexibility index (Phi) is 6.25. The number of halogens is 3. The van der Waals surface area contributed by atoms with E-state index in [0.717, 1.165) is 26.8 Å². The molecule has 0 saturated heterocycles. The minimum absolute atomic E-state index is 0.00816. The second kappa shape index (κ2) is 8.78. The van der Waals surface area contributed by atoms with Crippen molar-refractivity contribution in [1.82, 2.24) is 4.98 Å². The smallest absolute Gasteiger partial charge is 0.360 e. The Bertz CT molecular complexity index is 937. The van der Waals surface area contributed by atoms with Crippen LogP contribution in [0.1, 0.15) is 38.2 Å². The van der Waals surface area contributed by atoms with Crippen molar-refractivity contribution in [3.8, 4) is 10.4 Å². The Hall–Kier alpha value is -2.13. The topological polar surface area (TPSA) is 80.0 Å². The third-order valence-electron chi connectivity index (χ3n) is 6.66. The highest BCUT2D eigenvalue weighted by atomic mass is 32.1. The fourth-order valence-electron chi connectivity index (χ4n) is 4.58. The first kappa shape index (κ1) is 22.1. The number of rotatable bonds is 6. The van der Waals surface area contributed by atoms with Crippen LogP contribution in [0.4, 0.5) is 24.0 Å². The number of carbonyl (C=O) groups is 1. The zero-order valence-electron chi connectivity index (χ0n) is 17.3. The number of alkyl halides is 3. The van der Waals surface area contributed by atoms with Gasteiger partial charge in [-0.1, -0.05) is 24.3 Å². The fraction of sp³-hybridized carbons (Fsp3) is 0.545. The number of aromatic nitrogens is 1. The van der Waals surface area contributed by atoms with Crippen LogP contribution in [0.2, 0.25) is 0 Å². The maximum Gasteiger partial charge on any atom is 0.391 e. The third kappa shape index (κ3) is 5.03. The number of benzene rings is 1. The van der Waals surface area contributed by atoms with Crippen molar-refractivity contribution in [2.24, 2.45) is 23.5 Å². The molecule has 168 valence electrons. The van der Waals surface area contributed by atoms with Gasteiger partial charge in [-0.15, -0.1) is 0 Å².